The van der Waals surface area contributed by atoms with Crippen LogP contribution in [0.3, 0.4) is 0 Å². The van der Waals surface area contributed by atoms with E-state index < -0.39 is 0 Å². The number of benzene rings is 1. The Morgan fingerprint density at radius 2 is 1.81 bits per heavy atom. The molecule has 1 aliphatic rings. The highest BCUT2D eigenvalue weighted by Gasteiger charge is 2.20. The first-order valence-corrected chi connectivity index (χ1v) is 10.1. The molecule has 3 rings (SSSR count). The average molecular weight is 384 g/mol. The van der Waals surface area contributed by atoms with Gasteiger partial charge >= 0.3 is 0 Å². The van der Waals surface area contributed by atoms with Crippen LogP contribution in [0.4, 0.5) is 0 Å². The number of carbonyl (C=O) groups excluding carboxylic acids is 2. The number of hydrogen-bond donors (Lipinski definition) is 1. The van der Waals surface area contributed by atoms with Crippen LogP contribution in [0.25, 0.3) is 6.08 Å². The minimum Gasteiger partial charge on any atom is -0.351 e. The lowest BCUT2D eigenvalue weighted by Gasteiger charge is -2.34. The van der Waals surface area contributed by atoms with Crippen molar-refractivity contribution in [1.29, 1.82) is 0 Å². The fourth-order valence-electron chi connectivity index (χ4n) is 3.02. The van der Waals surface area contributed by atoms with Gasteiger partial charge in [0, 0.05) is 45.7 Å². The summed E-state index contributed by atoms with van der Waals surface area (Å²) in [6.07, 6.45) is 4.66. The second kappa shape index (κ2) is 10.0. The molecule has 0 unspecified atom stereocenters. The number of nitrogens with one attached hydrogen (secondary N) is 1. The molecule has 1 aliphatic heterocycles. The Labute approximate surface area is 164 Å². The zero-order valence-corrected chi connectivity index (χ0v) is 16.2. The topological polar surface area (TPSA) is 52.7 Å². The molecule has 0 atom stereocenters. The van der Waals surface area contributed by atoms with Gasteiger partial charge in [-0.05, 0) is 17.0 Å². The van der Waals surface area contributed by atoms with E-state index in [-0.39, 0.29) is 11.8 Å². The summed E-state index contributed by atoms with van der Waals surface area (Å²) in [5.41, 5.74) is 1.20. The van der Waals surface area contributed by atoms with E-state index in [4.69, 9.17) is 0 Å². The molecule has 0 aliphatic carbocycles. The van der Waals surface area contributed by atoms with E-state index in [1.54, 1.807) is 6.07 Å². The highest BCUT2D eigenvalue weighted by atomic mass is 32.1. The van der Waals surface area contributed by atoms with Crippen molar-refractivity contribution in [2.45, 2.75) is 6.42 Å². The van der Waals surface area contributed by atoms with Crippen LogP contribution in [-0.4, -0.2) is 60.9 Å². The van der Waals surface area contributed by atoms with E-state index in [1.165, 1.54) is 16.9 Å². The molecule has 5 nitrogen and oxygen atoms in total. The zero-order valence-electron chi connectivity index (χ0n) is 15.3. The van der Waals surface area contributed by atoms with Crippen molar-refractivity contribution in [3.63, 3.8) is 0 Å². The lowest BCUT2D eigenvalue weighted by Crippen LogP contribution is -2.49. The summed E-state index contributed by atoms with van der Waals surface area (Å²) in [7, 11) is 0. The quantitative estimate of drug-likeness (QED) is 0.800. The summed E-state index contributed by atoms with van der Waals surface area (Å²) in [4.78, 5) is 29.1. The average Bonchev–Trinajstić information content (AvgIpc) is 3.24. The molecule has 0 saturated carbocycles. The molecule has 2 amide bonds. The van der Waals surface area contributed by atoms with Crippen molar-refractivity contribution in [1.82, 2.24) is 15.1 Å². The van der Waals surface area contributed by atoms with Gasteiger partial charge < -0.3 is 10.2 Å². The first kappa shape index (κ1) is 19.3. The van der Waals surface area contributed by atoms with Crippen LogP contribution in [0.1, 0.15) is 21.7 Å². The normalized spacial score (nSPS) is 15.2. The molecule has 2 aromatic rings. The number of thiophene rings is 1. The molecule has 1 aromatic heterocycles. The first-order chi connectivity index (χ1) is 13.2. The van der Waals surface area contributed by atoms with Crippen molar-refractivity contribution >= 4 is 29.2 Å². The maximum absolute atomic E-state index is 12.3. The van der Waals surface area contributed by atoms with Crippen molar-refractivity contribution in [3.8, 4) is 0 Å². The van der Waals surface area contributed by atoms with Crippen molar-refractivity contribution in [3.05, 3.63) is 64.4 Å². The van der Waals surface area contributed by atoms with Gasteiger partial charge in [0.1, 0.15) is 0 Å². The Balaban J connectivity index is 1.33. The lowest BCUT2D eigenvalue weighted by atomic mass is 10.2. The van der Waals surface area contributed by atoms with Crippen LogP contribution in [0, 0.1) is 0 Å². The van der Waals surface area contributed by atoms with Crippen LogP contribution < -0.4 is 5.32 Å². The molecular formula is C21H25N3O2S. The van der Waals surface area contributed by atoms with Crippen LogP contribution >= 0.6 is 11.3 Å². The van der Waals surface area contributed by atoms with Gasteiger partial charge in [-0.3, -0.25) is 14.5 Å². The summed E-state index contributed by atoms with van der Waals surface area (Å²) < 4.78 is 0. The van der Waals surface area contributed by atoms with E-state index in [0.29, 0.717) is 17.8 Å². The molecule has 27 heavy (non-hydrogen) atoms. The number of carbonyl (C=O) groups is 2. The Morgan fingerprint density at radius 1 is 1.04 bits per heavy atom. The molecule has 1 N–H and O–H groups in total. The van der Waals surface area contributed by atoms with Gasteiger partial charge in [0.2, 0.25) is 5.91 Å². The largest absolute Gasteiger partial charge is 0.351 e. The Hall–Kier alpha value is -2.44. The second-order valence-corrected chi connectivity index (χ2v) is 7.43. The SMILES string of the molecule is O=C(NCCC(=O)N1CCN(C/C=C/c2ccccc2)CC1)c1cccs1. The van der Waals surface area contributed by atoms with Crippen molar-refractivity contribution in [2.24, 2.45) is 0 Å². The fraction of sp³-hybridized carbons (Fsp3) is 0.333. The predicted octanol–water partition coefficient (Wildman–Crippen LogP) is 2.73. The van der Waals surface area contributed by atoms with Gasteiger partial charge in [-0.25, -0.2) is 0 Å². The molecule has 1 saturated heterocycles. The first-order valence-electron chi connectivity index (χ1n) is 9.26. The smallest absolute Gasteiger partial charge is 0.261 e. The number of rotatable bonds is 7. The molecule has 0 radical (unpaired) electrons. The molecule has 6 heteroatoms. The summed E-state index contributed by atoms with van der Waals surface area (Å²) in [6, 6.07) is 13.9. The Morgan fingerprint density at radius 3 is 2.52 bits per heavy atom. The maximum Gasteiger partial charge on any atom is 0.261 e. The maximum atomic E-state index is 12.3. The van der Waals surface area contributed by atoms with Gasteiger partial charge in [-0.2, -0.15) is 0 Å². The number of piperazine rings is 1. The monoisotopic (exact) mass is 383 g/mol. The van der Waals surface area contributed by atoms with Crippen LogP contribution in [0.2, 0.25) is 0 Å². The highest BCUT2D eigenvalue weighted by Crippen LogP contribution is 2.08. The number of hydrogen-bond acceptors (Lipinski definition) is 4. The zero-order chi connectivity index (χ0) is 18.9. The van der Waals surface area contributed by atoms with E-state index >= 15 is 0 Å². The number of nitrogens with zero attached hydrogens (tertiary/aromatic N) is 2. The molecular weight excluding hydrogens is 358 g/mol. The van der Waals surface area contributed by atoms with Gasteiger partial charge in [0.15, 0.2) is 0 Å². The minimum absolute atomic E-state index is 0.104. The predicted molar refractivity (Wildman–Crippen MR) is 110 cm³/mol. The van der Waals surface area contributed by atoms with E-state index in [1.807, 2.05) is 34.5 Å². The van der Waals surface area contributed by atoms with Gasteiger partial charge in [-0.15, -0.1) is 11.3 Å². The van der Waals surface area contributed by atoms with Gasteiger partial charge in [0.25, 0.3) is 5.91 Å². The summed E-state index contributed by atoms with van der Waals surface area (Å²) in [5.74, 6) is 0.00813. The molecule has 1 aromatic carbocycles. The molecule has 0 bridgehead atoms. The second-order valence-electron chi connectivity index (χ2n) is 6.48. The number of amides is 2. The summed E-state index contributed by atoms with van der Waals surface area (Å²) in [6.45, 7) is 4.54. The third-order valence-corrected chi connectivity index (χ3v) is 5.44. The van der Waals surface area contributed by atoms with Crippen LogP contribution in [-0.2, 0) is 4.79 Å². The standard InChI is InChI=1S/C21H25N3O2S/c25-20(10-11-22-21(26)19-9-5-17-27-19)24-15-13-23(14-16-24)12-4-8-18-6-2-1-3-7-18/h1-9,17H,10-16H2,(H,22,26)/b8-4+. The molecule has 142 valence electrons. The fourth-order valence-corrected chi connectivity index (χ4v) is 3.66. The molecule has 0 spiro atoms. The van der Waals surface area contributed by atoms with Gasteiger partial charge in [0.05, 0.1) is 4.88 Å². The van der Waals surface area contributed by atoms with E-state index in [0.717, 1.165) is 32.7 Å². The molecule has 2 heterocycles. The summed E-state index contributed by atoms with van der Waals surface area (Å²) >= 11 is 1.40. The van der Waals surface area contributed by atoms with Crippen molar-refractivity contribution < 1.29 is 9.59 Å². The van der Waals surface area contributed by atoms with Crippen LogP contribution in [0.15, 0.2) is 53.9 Å². The van der Waals surface area contributed by atoms with Crippen molar-refractivity contribution in [2.75, 3.05) is 39.3 Å². The Bertz CT molecular complexity index is 751. The van der Waals surface area contributed by atoms with E-state index in [9.17, 15) is 9.59 Å². The Kier molecular flexibility index (Phi) is 7.19. The summed E-state index contributed by atoms with van der Waals surface area (Å²) in [5, 5.41) is 4.68. The lowest BCUT2D eigenvalue weighted by molar-refractivity contribution is -0.132. The third kappa shape index (κ3) is 6.05. The molecule has 1 fully saturated rings. The highest BCUT2D eigenvalue weighted by molar-refractivity contribution is 7.12. The minimum atomic E-state index is -0.104. The van der Waals surface area contributed by atoms with Crippen LogP contribution in [0.5, 0.6) is 0 Å². The van der Waals surface area contributed by atoms with Gasteiger partial charge in [-0.1, -0.05) is 48.6 Å². The third-order valence-electron chi connectivity index (χ3n) is 4.57. The van der Waals surface area contributed by atoms with E-state index in [2.05, 4.69) is 34.5 Å².